The van der Waals surface area contributed by atoms with E-state index in [1.807, 2.05) is 13.1 Å². The van der Waals surface area contributed by atoms with Crippen molar-refractivity contribution in [3.05, 3.63) is 23.0 Å². The molecule has 4 heteroatoms. The second kappa shape index (κ2) is 5.88. The highest BCUT2D eigenvalue weighted by Crippen LogP contribution is 2.25. The van der Waals surface area contributed by atoms with E-state index in [-0.39, 0.29) is 5.54 Å². The fourth-order valence-electron chi connectivity index (χ4n) is 2.62. The first-order valence-corrected chi connectivity index (χ1v) is 6.87. The lowest BCUT2D eigenvalue weighted by Crippen LogP contribution is -2.48. The van der Waals surface area contributed by atoms with E-state index in [1.54, 1.807) is 7.11 Å². The Bertz CT molecular complexity index is 440. The van der Waals surface area contributed by atoms with Crippen molar-refractivity contribution < 1.29 is 9.47 Å². The third-order valence-electron chi connectivity index (χ3n) is 3.87. The molecule has 1 fully saturated rings. The molecule has 0 amide bonds. The van der Waals surface area contributed by atoms with Crippen molar-refractivity contribution in [1.82, 2.24) is 10.3 Å². The van der Waals surface area contributed by atoms with Crippen LogP contribution in [0.1, 0.15) is 36.6 Å². The molecule has 1 aliphatic heterocycles. The number of hydrogen-bond donors (Lipinski definition) is 1. The Balaban J connectivity index is 2.07. The summed E-state index contributed by atoms with van der Waals surface area (Å²) in [5, 5.41) is 3.58. The molecule has 19 heavy (non-hydrogen) atoms. The van der Waals surface area contributed by atoms with E-state index in [0.717, 1.165) is 55.2 Å². The van der Waals surface area contributed by atoms with Crippen molar-refractivity contribution in [3.63, 3.8) is 0 Å². The second-order valence-corrected chi connectivity index (χ2v) is 5.62. The van der Waals surface area contributed by atoms with Gasteiger partial charge in [-0.2, -0.15) is 0 Å². The molecule has 0 bridgehead atoms. The maximum Gasteiger partial charge on any atom is 0.128 e. The molecule has 0 aromatic carbocycles. The maximum atomic E-state index is 5.56. The van der Waals surface area contributed by atoms with Crippen LogP contribution in [0.5, 0.6) is 5.75 Å². The molecule has 0 aliphatic carbocycles. The molecule has 106 valence electrons. The standard InChI is InChI=1S/C15H24N2O2/c1-11-8-16-13(12(2)14(11)18-4)9-17-15(3)6-5-7-19-10-15/h8,17H,5-7,9-10H2,1-4H3. The van der Waals surface area contributed by atoms with Crippen LogP contribution in [0.15, 0.2) is 6.20 Å². The first-order chi connectivity index (χ1) is 9.06. The smallest absolute Gasteiger partial charge is 0.128 e. The summed E-state index contributed by atoms with van der Waals surface area (Å²) >= 11 is 0. The highest BCUT2D eigenvalue weighted by atomic mass is 16.5. The molecule has 1 unspecified atom stereocenters. The minimum absolute atomic E-state index is 0.0600. The van der Waals surface area contributed by atoms with Gasteiger partial charge in [0.25, 0.3) is 0 Å². The van der Waals surface area contributed by atoms with Crippen LogP contribution in [0.4, 0.5) is 0 Å². The first-order valence-electron chi connectivity index (χ1n) is 6.87. The summed E-state index contributed by atoms with van der Waals surface area (Å²) in [6, 6.07) is 0. The maximum absolute atomic E-state index is 5.56. The lowest BCUT2D eigenvalue weighted by atomic mass is 9.94. The average Bonchev–Trinajstić information content (AvgIpc) is 2.39. The molecule has 1 saturated heterocycles. The van der Waals surface area contributed by atoms with Crippen LogP contribution in [0.25, 0.3) is 0 Å². The van der Waals surface area contributed by atoms with Gasteiger partial charge in [0.2, 0.25) is 0 Å². The third-order valence-corrected chi connectivity index (χ3v) is 3.87. The van der Waals surface area contributed by atoms with Crippen molar-refractivity contribution in [2.24, 2.45) is 0 Å². The number of hydrogen-bond acceptors (Lipinski definition) is 4. The second-order valence-electron chi connectivity index (χ2n) is 5.62. The van der Waals surface area contributed by atoms with E-state index in [2.05, 4.69) is 24.1 Å². The summed E-state index contributed by atoms with van der Waals surface area (Å²) < 4.78 is 11.0. The number of aryl methyl sites for hydroxylation is 1. The van der Waals surface area contributed by atoms with Gasteiger partial charge in [-0.15, -0.1) is 0 Å². The molecular weight excluding hydrogens is 240 g/mol. The van der Waals surface area contributed by atoms with Crippen LogP contribution < -0.4 is 10.1 Å². The molecule has 1 N–H and O–H groups in total. The monoisotopic (exact) mass is 264 g/mol. The lowest BCUT2D eigenvalue weighted by molar-refractivity contribution is 0.0276. The van der Waals surface area contributed by atoms with Crippen LogP contribution in [-0.4, -0.2) is 30.8 Å². The van der Waals surface area contributed by atoms with E-state index in [0.29, 0.717) is 0 Å². The summed E-state index contributed by atoms with van der Waals surface area (Å²) in [6.07, 6.45) is 4.14. The zero-order valence-electron chi connectivity index (χ0n) is 12.4. The summed E-state index contributed by atoms with van der Waals surface area (Å²) in [7, 11) is 1.71. The Hall–Kier alpha value is -1.13. The van der Waals surface area contributed by atoms with Gasteiger partial charge in [0.15, 0.2) is 0 Å². The van der Waals surface area contributed by atoms with E-state index in [1.165, 1.54) is 0 Å². The Morgan fingerprint density at radius 2 is 2.26 bits per heavy atom. The normalized spacial score (nSPS) is 23.4. The van der Waals surface area contributed by atoms with Crippen LogP contribution >= 0.6 is 0 Å². The number of pyridine rings is 1. The van der Waals surface area contributed by atoms with Crippen molar-refractivity contribution in [3.8, 4) is 5.75 Å². The molecule has 4 nitrogen and oxygen atoms in total. The predicted molar refractivity (Wildman–Crippen MR) is 75.6 cm³/mol. The number of rotatable bonds is 4. The van der Waals surface area contributed by atoms with E-state index in [9.17, 15) is 0 Å². The zero-order chi connectivity index (χ0) is 13.9. The van der Waals surface area contributed by atoms with Gasteiger partial charge in [0, 0.05) is 36.0 Å². The zero-order valence-corrected chi connectivity index (χ0v) is 12.4. The molecule has 0 radical (unpaired) electrons. The number of aromatic nitrogens is 1. The van der Waals surface area contributed by atoms with Gasteiger partial charge in [-0.05, 0) is 33.6 Å². The average molecular weight is 264 g/mol. The molecule has 1 aliphatic rings. The van der Waals surface area contributed by atoms with Gasteiger partial charge in [0.05, 0.1) is 19.4 Å². The number of ether oxygens (including phenoxy) is 2. The largest absolute Gasteiger partial charge is 0.496 e. The molecule has 1 aromatic heterocycles. The molecule has 1 atom stereocenters. The molecule has 0 spiro atoms. The van der Waals surface area contributed by atoms with Crippen LogP contribution in [-0.2, 0) is 11.3 Å². The highest BCUT2D eigenvalue weighted by molar-refractivity contribution is 5.41. The highest BCUT2D eigenvalue weighted by Gasteiger charge is 2.27. The summed E-state index contributed by atoms with van der Waals surface area (Å²) in [5.41, 5.74) is 3.31. The van der Waals surface area contributed by atoms with Crippen LogP contribution in [0.2, 0.25) is 0 Å². The fraction of sp³-hybridized carbons (Fsp3) is 0.667. The van der Waals surface area contributed by atoms with Crippen LogP contribution in [0, 0.1) is 13.8 Å². The molecule has 0 saturated carbocycles. The predicted octanol–water partition coefficient (Wildman–Crippen LogP) is 2.37. The van der Waals surface area contributed by atoms with Crippen LogP contribution in [0.3, 0.4) is 0 Å². The fourth-order valence-corrected chi connectivity index (χ4v) is 2.62. The summed E-state index contributed by atoms with van der Waals surface area (Å²) in [5.74, 6) is 0.942. The third kappa shape index (κ3) is 3.25. The van der Waals surface area contributed by atoms with Crippen molar-refractivity contribution in [1.29, 1.82) is 0 Å². The number of methoxy groups -OCH3 is 1. The van der Waals surface area contributed by atoms with E-state index in [4.69, 9.17) is 9.47 Å². The van der Waals surface area contributed by atoms with Gasteiger partial charge < -0.3 is 14.8 Å². The Labute approximate surface area is 115 Å². The summed E-state index contributed by atoms with van der Waals surface area (Å²) in [6.45, 7) is 8.71. The minimum atomic E-state index is 0.0600. The van der Waals surface area contributed by atoms with Gasteiger partial charge in [-0.25, -0.2) is 0 Å². The van der Waals surface area contributed by atoms with E-state index < -0.39 is 0 Å². The Morgan fingerprint density at radius 3 is 2.89 bits per heavy atom. The molecule has 2 heterocycles. The molecular formula is C15H24N2O2. The van der Waals surface area contributed by atoms with Gasteiger partial charge in [-0.3, -0.25) is 4.98 Å². The number of nitrogens with one attached hydrogen (secondary N) is 1. The Morgan fingerprint density at radius 1 is 1.47 bits per heavy atom. The van der Waals surface area contributed by atoms with E-state index >= 15 is 0 Å². The van der Waals surface area contributed by atoms with Gasteiger partial charge in [-0.1, -0.05) is 0 Å². The molecule has 1 aromatic rings. The Kier molecular flexibility index (Phi) is 4.42. The topological polar surface area (TPSA) is 43.4 Å². The summed E-state index contributed by atoms with van der Waals surface area (Å²) in [4.78, 5) is 4.52. The van der Waals surface area contributed by atoms with Crippen molar-refractivity contribution >= 4 is 0 Å². The minimum Gasteiger partial charge on any atom is -0.496 e. The lowest BCUT2D eigenvalue weighted by Gasteiger charge is -2.34. The SMILES string of the molecule is COc1c(C)cnc(CNC2(C)CCCOC2)c1C. The molecule has 2 rings (SSSR count). The van der Waals surface area contributed by atoms with Crippen molar-refractivity contribution in [2.45, 2.75) is 45.7 Å². The van der Waals surface area contributed by atoms with Crippen molar-refractivity contribution in [2.75, 3.05) is 20.3 Å². The van der Waals surface area contributed by atoms with Gasteiger partial charge >= 0.3 is 0 Å². The van der Waals surface area contributed by atoms with Gasteiger partial charge in [0.1, 0.15) is 5.75 Å². The quantitative estimate of drug-likeness (QED) is 0.906. The first kappa shape index (κ1) is 14.3. The number of nitrogens with zero attached hydrogens (tertiary/aromatic N) is 1.